The van der Waals surface area contributed by atoms with E-state index in [0.29, 0.717) is 5.75 Å². The molecule has 0 aliphatic carbocycles. The Morgan fingerprint density at radius 3 is 3.13 bits per heavy atom. The third-order valence-corrected chi connectivity index (χ3v) is 3.37. The monoisotopic (exact) mass is 241 g/mol. The Morgan fingerprint density at radius 1 is 1.47 bits per heavy atom. The second kappa shape index (κ2) is 4.54. The molecule has 0 saturated carbocycles. The number of nitrogens with zero attached hydrogens (tertiary/aromatic N) is 3. The van der Waals surface area contributed by atoms with E-state index in [2.05, 4.69) is 15.0 Å². The SMILES string of the molecule is O=C(O)CCSc1ncnc2scnc12. The first-order valence-electron chi connectivity index (χ1n) is 4.16. The van der Waals surface area contributed by atoms with Gasteiger partial charge in [0, 0.05) is 5.75 Å². The van der Waals surface area contributed by atoms with Crippen LogP contribution < -0.4 is 0 Å². The largest absolute Gasteiger partial charge is 0.481 e. The highest BCUT2D eigenvalue weighted by molar-refractivity contribution is 7.99. The van der Waals surface area contributed by atoms with Gasteiger partial charge in [0.05, 0.1) is 11.9 Å². The molecule has 0 aromatic carbocycles. The number of carbonyl (C=O) groups is 1. The lowest BCUT2D eigenvalue weighted by molar-refractivity contribution is -0.136. The first-order chi connectivity index (χ1) is 7.27. The molecular formula is C8H7N3O2S2. The Balaban J connectivity index is 2.13. The zero-order valence-electron chi connectivity index (χ0n) is 7.58. The van der Waals surface area contributed by atoms with Crippen LogP contribution in [-0.2, 0) is 4.79 Å². The zero-order valence-corrected chi connectivity index (χ0v) is 9.22. The number of hydrogen-bond acceptors (Lipinski definition) is 6. The standard InChI is InChI=1S/C8H7N3O2S2/c12-5(13)1-2-14-7-6-8(10-3-9-7)15-4-11-6/h3-4H,1-2H2,(H,12,13). The fraction of sp³-hybridized carbons (Fsp3) is 0.250. The molecule has 5 nitrogen and oxygen atoms in total. The number of carboxylic acid groups (broad SMARTS) is 1. The summed E-state index contributed by atoms with van der Waals surface area (Å²) >= 11 is 2.84. The molecule has 0 atom stereocenters. The molecule has 2 aromatic heterocycles. The van der Waals surface area contributed by atoms with Crippen molar-refractivity contribution in [3.63, 3.8) is 0 Å². The summed E-state index contributed by atoms with van der Waals surface area (Å²) in [5.41, 5.74) is 2.47. The average molecular weight is 241 g/mol. The summed E-state index contributed by atoms with van der Waals surface area (Å²) in [5, 5.41) is 9.26. The van der Waals surface area contributed by atoms with E-state index in [-0.39, 0.29) is 6.42 Å². The van der Waals surface area contributed by atoms with Gasteiger partial charge >= 0.3 is 5.97 Å². The predicted octanol–water partition coefficient (Wildman–Crippen LogP) is 1.65. The van der Waals surface area contributed by atoms with E-state index in [1.165, 1.54) is 29.4 Å². The molecule has 2 rings (SSSR count). The zero-order chi connectivity index (χ0) is 10.7. The third kappa shape index (κ3) is 2.42. The summed E-state index contributed by atoms with van der Waals surface area (Å²) in [5.74, 6) is -0.301. The molecule has 0 fully saturated rings. The normalized spacial score (nSPS) is 10.7. The molecule has 2 aromatic rings. The van der Waals surface area contributed by atoms with Gasteiger partial charge in [-0.25, -0.2) is 15.0 Å². The van der Waals surface area contributed by atoms with E-state index in [0.717, 1.165) is 15.4 Å². The van der Waals surface area contributed by atoms with Crippen LogP contribution in [0.25, 0.3) is 10.3 Å². The quantitative estimate of drug-likeness (QED) is 0.648. The molecule has 0 amide bonds. The van der Waals surface area contributed by atoms with Crippen LogP contribution in [0, 0.1) is 0 Å². The summed E-state index contributed by atoms with van der Waals surface area (Å²) in [6.07, 6.45) is 1.60. The Bertz CT molecular complexity index is 485. The van der Waals surface area contributed by atoms with Crippen LogP contribution in [0.5, 0.6) is 0 Å². The van der Waals surface area contributed by atoms with Crippen LogP contribution in [0.15, 0.2) is 16.9 Å². The van der Waals surface area contributed by atoms with Gasteiger partial charge in [-0.1, -0.05) is 0 Å². The molecule has 0 bridgehead atoms. The topological polar surface area (TPSA) is 76.0 Å². The average Bonchev–Trinajstić information content (AvgIpc) is 2.65. The number of thiazole rings is 1. The van der Waals surface area contributed by atoms with Crippen LogP contribution in [0.4, 0.5) is 0 Å². The predicted molar refractivity (Wildman–Crippen MR) is 58.2 cm³/mol. The Hall–Kier alpha value is -1.21. The van der Waals surface area contributed by atoms with Gasteiger partial charge in [0.15, 0.2) is 0 Å². The lowest BCUT2D eigenvalue weighted by atomic mass is 10.5. The molecule has 0 aliphatic rings. The number of aromatic nitrogens is 3. The van der Waals surface area contributed by atoms with Crippen LogP contribution in [0.1, 0.15) is 6.42 Å². The first kappa shape index (κ1) is 10.3. The van der Waals surface area contributed by atoms with Crippen molar-refractivity contribution in [2.24, 2.45) is 0 Å². The van der Waals surface area contributed by atoms with Crippen LogP contribution >= 0.6 is 23.1 Å². The van der Waals surface area contributed by atoms with Crippen LogP contribution in [0.3, 0.4) is 0 Å². The number of aliphatic carboxylic acids is 1. The molecule has 15 heavy (non-hydrogen) atoms. The molecule has 7 heteroatoms. The smallest absolute Gasteiger partial charge is 0.304 e. The van der Waals surface area contributed by atoms with Gasteiger partial charge in [-0.2, -0.15) is 0 Å². The summed E-state index contributed by atoms with van der Waals surface area (Å²) in [6, 6.07) is 0. The molecular weight excluding hydrogens is 234 g/mol. The fourth-order valence-corrected chi connectivity index (χ4v) is 2.58. The Kier molecular flexibility index (Phi) is 3.12. The minimum absolute atomic E-state index is 0.125. The summed E-state index contributed by atoms with van der Waals surface area (Å²) in [6.45, 7) is 0. The molecule has 0 radical (unpaired) electrons. The third-order valence-electron chi connectivity index (χ3n) is 1.66. The molecule has 0 aliphatic heterocycles. The number of carboxylic acids is 1. The van der Waals surface area contributed by atoms with E-state index in [4.69, 9.17) is 5.11 Å². The highest BCUT2D eigenvalue weighted by atomic mass is 32.2. The van der Waals surface area contributed by atoms with Gasteiger partial charge in [-0.3, -0.25) is 4.79 Å². The van der Waals surface area contributed by atoms with E-state index in [1.807, 2.05) is 0 Å². The second-order valence-electron chi connectivity index (χ2n) is 2.68. The molecule has 0 unspecified atom stereocenters. The van der Waals surface area contributed by atoms with E-state index >= 15 is 0 Å². The minimum atomic E-state index is -0.800. The maximum Gasteiger partial charge on any atom is 0.304 e. The van der Waals surface area contributed by atoms with E-state index in [1.54, 1.807) is 5.51 Å². The molecule has 78 valence electrons. The Labute approximate surface area is 93.6 Å². The van der Waals surface area contributed by atoms with Gasteiger partial charge in [0.2, 0.25) is 0 Å². The summed E-state index contributed by atoms with van der Waals surface area (Å²) in [7, 11) is 0. The molecule has 2 heterocycles. The van der Waals surface area contributed by atoms with Crippen molar-refractivity contribution in [1.82, 2.24) is 15.0 Å². The van der Waals surface area contributed by atoms with Crippen molar-refractivity contribution >= 4 is 39.4 Å². The lowest BCUT2D eigenvalue weighted by Gasteiger charge is -1.98. The number of fused-ring (bicyclic) bond motifs is 1. The summed E-state index contributed by atoms with van der Waals surface area (Å²) < 4.78 is 0. The number of hydrogen-bond donors (Lipinski definition) is 1. The van der Waals surface area contributed by atoms with Gasteiger partial charge in [-0.05, 0) is 0 Å². The van der Waals surface area contributed by atoms with Gasteiger partial charge in [0.1, 0.15) is 21.7 Å². The molecule has 0 spiro atoms. The Morgan fingerprint density at radius 2 is 2.33 bits per heavy atom. The fourth-order valence-electron chi connectivity index (χ4n) is 1.01. The minimum Gasteiger partial charge on any atom is -0.481 e. The first-order valence-corrected chi connectivity index (χ1v) is 6.02. The van der Waals surface area contributed by atoms with Crippen molar-refractivity contribution in [2.75, 3.05) is 5.75 Å². The van der Waals surface area contributed by atoms with Crippen molar-refractivity contribution in [3.05, 3.63) is 11.8 Å². The van der Waals surface area contributed by atoms with Crippen LogP contribution in [-0.4, -0.2) is 31.8 Å². The molecule has 1 N–H and O–H groups in total. The maximum atomic E-state index is 10.3. The van der Waals surface area contributed by atoms with Gasteiger partial charge in [0.25, 0.3) is 0 Å². The molecule has 0 saturated heterocycles. The van der Waals surface area contributed by atoms with Crippen molar-refractivity contribution < 1.29 is 9.90 Å². The van der Waals surface area contributed by atoms with Crippen molar-refractivity contribution in [2.45, 2.75) is 11.4 Å². The van der Waals surface area contributed by atoms with Crippen LogP contribution in [0.2, 0.25) is 0 Å². The van der Waals surface area contributed by atoms with Gasteiger partial charge < -0.3 is 5.11 Å². The van der Waals surface area contributed by atoms with Gasteiger partial charge in [-0.15, -0.1) is 23.1 Å². The highest BCUT2D eigenvalue weighted by Crippen LogP contribution is 2.25. The summed E-state index contributed by atoms with van der Waals surface area (Å²) in [4.78, 5) is 23.5. The second-order valence-corrected chi connectivity index (χ2v) is 4.59. The van der Waals surface area contributed by atoms with E-state index in [9.17, 15) is 4.79 Å². The highest BCUT2D eigenvalue weighted by Gasteiger charge is 2.07. The maximum absolute atomic E-state index is 10.3. The van der Waals surface area contributed by atoms with Crippen molar-refractivity contribution in [3.8, 4) is 0 Å². The lowest BCUT2D eigenvalue weighted by Crippen LogP contribution is -1.96. The van der Waals surface area contributed by atoms with Crippen molar-refractivity contribution in [1.29, 1.82) is 0 Å². The number of thioether (sulfide) groups is 1. The number of rotatable bonds is 4. The van der Waals surface area contributed by atoms with E-state index < -0.39 is 5.97 Å².